The predicted octanol–water partition coefficient (Wildman–Crippen LogP) is 5.95. The highest BCUT2D eigenvalue weighted by molar-refractivity contribution is 7.93. The van der Waals surface area contributed by atoms with Gasteiger partial charge in [0.05, 0.1) is 30.9 Å². The second-order valence-electron chi connectivity index (χ2n) is 8.62. The van der Waals surface area contributed by atoms with Gasteiger partial charge in [0.25, 0.3) is 15.9 Å². The van der Waals surface area contributed by atoms with Crippen molar-refractivity contribution in [2.45, 2.75) is 32.1 Å². The van der Waals surface area contributed by atoms with Crippen molar-refractivity contribution in [1.29, 1.82) is 0 Å². The first-order valence-electron chi connectivity index (χ1n) is 12.1. The van der Waals surface area contributed by atoms with Crippen LogP contribution in [0.4, 0.5) is 5.69 Å². The third-order valence-electron chi connectivity index (χ3n) is 5.42. The smallest absolute Gasteiger partial charge is 0.271 e. The molecule has 0 aliphatic carbocycles. The van der Waals surface area contributed by atoms with Gasteiger partial charge in [0.1, 0.15) is 5.75 Å². The lowest BCUT2D eigenvalue weighted by atomic mass is 10.1. The Morgan fingerprint density at radius 2 is 1.65 bits per heavy atom. The molecule has 37 heavy (non-hydrogen) atoms. The molecule has 0 atom stereocenters. The molecular weight excluding hydrogens is 490 g/mol. The number of nitrogens with zero attached hydrogens (tertiary/aromatic N) is 1. The molecule has 7 nitrogen and oxygen atoms in total. The van der Waals surface area contributed by atoms with Crippen LogP contribution in [0.15, 0.2) is 83.8 Å². The van der Waals surface area contributed by atoms with Crippen LogP contribution in [0.5, 0.6) is 17.2 Å². The molecule has 0 N–H and O–H groups in total. The molecule has 0 radical (unpaired) electrons. The average molecular weight is 524 g/mol. The molecule has 3 aromatic rings. The Kier molecular flexibility index (Phi) is 9.74. The number of carbonyl (C=O) groups is 1. The Bertz CT molecular complexity index is 1300. The minimum atomic E-state index is -4.17. The van der Waals surface area contributed by atoms with E-state index in [-0.39, 0.29) is 10.6 Å². The Labute approximate surface area is 219 Å². The maximum Gasteiger partial charge on any atom is 0.271 e. The molecule has 0 fully saturated rings. The summed E-state index contributed by atoms with van der Waals surface area (Å²) >= 11 is 0. The molecule has 0 aromatic heterocycles. The van der Waals surface area contributed by atoms with Crippen molar-refractivity contribution in [3.63, 3.8) is 0 Å². The minimum Gasteiger partial charge on any atom is -0.494 e. The second kappa shape index (κ2) is 13.0. The number of amides is 1. The van der Waals surface area contributed by atoms with Gasteiger partial charge in [0, 0.05) is 6.08 Å². The fourth-order valence-electron chi connectivity index (χ4n) is 3.47. The first kappa shape index (κ1) is 27.8. The standard InChI is InChI=1S/C29H33NO6S/c1-5-35-25-15-13-24(14-16-25)30(37(32,33)26-9-7-6-8-10-26)29(31)18-12-23-11-17-27(28(21-23)34-4)36-20-19-22(2)3/h6-18,21-22H,5,19-20H2,1-4H3. The molecule has 0 unspecified atom stereocenters. The zero-order valence-electron chi connectivity index (χ0n) is 21.6. The van der Waals surface area contributed by atoms with Crippen LogP contribution in [0.3, 0.4) is 0 Å². The number of hydrogen-bond acceptors (Lipinski definition) is 6. The van der Waals surface area contributed by atoms with Crippen LogP contribution in [-0.2, 0) is 14.8 Å². The lowest BCUT2D eigenvalue weighted by Gasteiger charge is -2.21. The van der Waals surface area contributed by atoms with Crippen molar-refractivity contribution in [1.82, 2.24) is 0 Å². The molecule has 0 saturated heterocycles. The zero-order chi connectivity index (χ0) is 26.8. The molecule has 8 heteroatoms. The number of rotatable bonds is 12. The molecule has 0 heterocycles. The van der Waals surface area contributed by atoms with Gasteiger partial charge in [0.15, 0.2) is 11.5 Å². The summed E-state index contributed by atoms with van der Waals surface area (Å²) in [6, 6.07) is 19.5. The lowest BCUT2D eigenvalue weighted by Crippen LogP contribution is -2.35. The summed E-state index contributed by atoms with van der Waals surface area (Å²) in [7, 11) is -2.63. The van der Waals surface area contributed by atoms with Gasteiger partial charge in [0.2, 0.25) is 0 Å². The SMILES string of the molecule is CCOc1ccc(N(C(=O)C=Cc2ccc(OCCC(C)C)c(OC)c2)S(=O)(=O)c2ccccc2)cc1. The van der Waals surface area contributed by atoms with Gasteiger partial charge in [-0.25, -0.2) is 8.42 Å². The summed E-state index contributed by atoms with van der Waals surface area (Å²) in [6.07, 6.45) is 3.69. The Morgan fingerprint density at radius 1 is 0.946 bits per heavy atom. The molecule has 3 aromatic carbocycles. The van der Waals surface area contributed by atoms with Gasteiger partial charge in [-0.15, -0.1) is 0 Å². The van der Waals surface area contributed by atoms with Crippen molar-refractivity contribution in [3.8, 4) is 17.2 Å². The van der Waals surface area contributed by atoms with E-state index in [0.29, 0.717) is 41.9 Å². The third kappa shape index (κ3) is 7.36. The quantitative estimate of drug-likeness (QED) is 0.273. The molecule has 0 spiro atoms. The number of carbonyl (C=O) groups excluding carboxylic acids is 1. The summed E-state index contributed by atoms with van der Waals surface area (Å²) < 4.78 is 44.5. The van der Waals surface area contributed by atoms with Crippen LogP contribution in [0.2, 0.25) is 0 Å². The molecule has 0 aliphatic heterocycles. The van der Waals surface area contributed by atoms with Crippen LogP contribution >= 0.6 is 0 Å². The minimum absolute atomic E-state index is 0.00945. The topological polar surface area (TPSA) is 82.1 Å². The third-order valence-corrected chi connectivity index (χ3v) is 7.16. The van der Waals surface area contributed by atoms with Crippen molar-refractivity contribution in [3.05, 3.63) is 84.4 Å². The molecule has 0 saturated carbocycles. The summed E-state index contributed by atoms with van der Waals surface area (Å²) in [5.74, 6) is 1.51. The van der Waals surface area contributed by atoms with Crippen LogP contribution in [0, 0.1) is 5.92 Å². The molecule has 196 valence electrons. The number of sulfonamides is 1. The highest BCUT2D eigenvalue weighted by Gasteiger charge is 2.29. The summed E-state index contributed by atoms with van der Waals surface area (Å²) in [6.45, 7) is 7.14. The molecule has 0 bridgehead atoms. The molecule has 1 amide bonds. The van der Waals surface area contributed by atoms with Crippen LogP contribution in [0.1, 0.15) is 32.8 Å². The van der Waals surface area contributed by atoms with E-state index >= 15 is 0 Å². The van der Waals surface area contributed by atoms with E-state index in [4.69, 9.17) is 14.2 Å². The Morgan fingerprint density at radius 3 is 2.27 bits per heavy atom. The fourth-order valence-corrected chi connectivity index (χ4v) is 4.88. The second-order valence-corrected chi connectivity index (χ2v) is 10.4. The number of anilines is 1. The summed E-state index contributed by atoms with van der Waals surface area (Å²) in [5.41, 5.74) is 0.860. The number of benzene rings is 3. The van der Waals surface area contributed by atoms with Crippen LogP contribution in [0.25, 0.3) is 6.08 Å². The van der Waals surface area contributed by atoms with E-state index in [1.165, 1.54) is 18.2 Å². The van der Waals surface area contributed by atoms with E-state index in [1.54, 1.807) is 73.8 Å². The maximum absolute atomic E-state index is 13.5. The predicted molar refractivity (Wildman–Crippen MR) is 146 cm³/mol. The maximum atomic E-state index is 13.5. The summed E-state index contributed by atoms with van der Waals surface area (Å²) in [4.78, 5) is 13.4. The summed E-state index contributed by atoms with van der Waals surface area (Å²) in [5, 5.41) is 0. The van der Waals surface area contributed by atoms with Crippen molar-refractivity contribution in [2.75, 3.05) is 24.6 Å². The largest absolute Gasteiger partial charge is 0.494 e. The fraction of sp³-hybridized carbons (Fsp3) is 0.276. The average Bonchev–Trinajstić information content (AvgIpc) is 2.89. The number of methoxy groups -OCH3 is 1. The zero-order valence-corrected chi connectivity index (χ0v) is 22.4. The van der Waals surface area contributed by atoms with E-state index in [9.17, 15) is 13.2 Å². The molecule has 3 rings (SSSR count). The van der Waals surface area contributed by atoms with Gasteiger partial charge in [-0.2, -0.15) is 4.31 Å². The van der Waals surface area contributed by atoms with E-state index in [1.807, 2.05) is 6.92 Å². The van der Waals surface area contributed by atoms with E-state index < -0.39 is 15.9 Å². The van der Waals surface area contributed by atoms with Crippen molar-refractivity contribution in [2.24, 2.45) is 5.92 Å². The molecular formula is C29H33NO6S. The Balaban J connectivity index is 1.91. The number of ether oxygens (including phenoxy) is 3. The monoisotopic (exact) mass is 523 g/mol. The number of hydrogen-bond donors (Lipinski definition) is 0. The van der Waals surface area contributed by atoms with Gasteiger partial charge < -0.3 is 14.2 Å². The van der Waals surface area contributed by atoms with E-state index in [0.717, 1.165) is 10.7 Å². The highest BCUT2D eigenvalue weighted by Crippen LogP contribution is 2.30. The first-order valence-corrected chi connectivity index (χ1v) is 13.6. The van der Waals surface area contributed by atoms with Gasteiger partial charge in [-0.05, 0) is 79.4 Å². The van der Waals surface area contributed by atoms with Crippen molar-refractivity contribution < 1.29 is 27.4 Å². The highest BCUT2D eigenvalue weighted by atomic mass is 32.2. The normalized spacial score (nSPS) is 11.5. The van der Waals surface area contributed by atoms with Crippen molar-refractivity contribution >= 4 is 27.7 Å². The lowest BCUT2D eigenvalue weighted by molar-refractivity contribution is -0.113. The van der Waals surface area contributed by atoms with Crippen LogP contribution < -0.4 is 18.5 Å². The van der Waals surface area contributed by atoms with Gasteiger partial charge >= 0.3 is 0 Å². The van der Waals surface area contributed by atoms with Gasteiger partial charge in [-0.3, -0.25) is 4.79 Å². The van der Waals surface area contributed by atoms with Crippen LogP contribution in [-0.4, -0.2) is 34.6 Å². The first-order chi connectivity index (χ1) is 17.8. The molecule has 0 aliphatic rings. The van der Waals surface area contributed by atoms with Gasteiger partial charge in [-0.1, -0.05) is 38.1 Å². The van der Waals surface area contributed by atoms with E-state index in [2.05, 4.69) is 13.8 Å². The Hall–Kier alpha value is -3.78.